The van der Waals surface area contributed by atoms with Crippen LogP contribution >= 0.6 is 22.9 Å². The van der Waals surface area contributed by atoms with Gasteiger partial charge in [-0.2, -0.15) is 0 Å². The molecule has 3 rings (SSSR count). The Hall–Kier alpha value is -1.47. The van der Waals surface area contributed by atoms with Crippen LogP contribution in [0, 0.1) is 5.82 Å². The van der Waals surface area contributed by atoms with Crippen molar-refractivity contribution >= 4 is 27.9 Å². The molecule has 0 spiro atoms. The quantitative estimate of drug-likeness (QED) is 0.575. The van der Waals surface area contributed by atoms with Crippen LogP contribution in [0.4, 0.5) is 4.39 Å². The molecule has 1 aromatic carbocycles. The lowest BCUT2D eigenvalue weighted by atomic mass is 10.0. The van der Waals surface area contributed by atoms with Crippen LogP contribution in [0.15, 0.2) is 36.0 Å². The number of benzene rings is 1. The van der Waals surface area contributed by atoms with E-state index in [1.54, 1.807) is 23.5 Å². The smallest absolute Gasteiger partial charge is 0.193 e. The third-order valence-corrected chi connectivity index (χ3v) is 4.18. The molecule has 0 aliphatic heterocycles. The molecule has 0 amide bonds. The second kappa shape index (κ2) is 5.49. The van der Waals surface area contributed by atoms with Gasteiger partial charge in [0.05, 0.1) is 16.8 Å². The van der Waals surface area contributed by atoms with E-state index in [-0.39, 0.29) is 11.1 Å². The number of nitrogens with one attached hydrogen (secondary N) is 1. The summed E-state index contributed by atoms with van der Waals surface area (Å²) in [5, 5.41) is 2.05. The fourth-order valence-electron chi connectivity index (χ4n) is 2.13. The molecular weight excluding hydrogens is 299 g/mol. The molecule has 0 aliphatic rings. The van der Waals surface area contributed by atoms with Crippen molar-refractivity contribution in [3.8, 4) is 0 Å². The number of hydrogen-bond acceptors (Lipinski definition) is 4. The minimum absolute atomic E-state index is 0.0913. The Morgan fingerprint density at radius 1 is 1.50 bits per heavy atom. The zero-order chi connectivity index (χ0) is 14.1. The summed E-state index contributed by atoms with van der Waals surface area (Å²) in [7, 11) is 0. The minimum Gasteiger partial charge on any atom is -0.297 e. The van der Waals surface area contributed by atoms with E-state index in [1.165, 1.54) is 6.07 Å². The Bertz CT molecular complexity index is 710. The fourth-order valence-corrected chi connectivity index (χ4v) is 3.03. The molecule has 0 saturated carbocycles. The molecule has 7 heteroatoms. The van der Waals surface area contributed by atoms with Crippen LogP contribution < -0.4 is 11.3 Å². The first-order valence-electron chi connectivity index (χ1n) is 6.00. The van der Waals surface area contributed by atoms with Crippen LogP contribution in [0.25, 0.3) is 4.96 Å². The summed E-state index contributed by atoms with van der Waals surface area (Å²) in [4.78, 5) is 5.37. The van der Waals surface area contributed by atoms with Crippen molar-refractivity contribution in [2.45, 2.75) is 12.5 Å². The molecule has 0 bridgehead atoms. The average Bonchev–Trinajstić information content (AvgIpc) is 3.00. The van der Waals surface area contributed by atoms with Gasteiger partial charge in [0.2, 0.25) is 0 Å². The average molecular weight is 311 g/mol. The summed E-state index contributed by atoms with van der Waals surface area (Å²) in [5.74, 6) is 5.10. The number of thiazole rings is 1. The first-order chi connectivity index (χ1) is 9.69. The highest BCUT2D eigenvalue weighted by molar-refractivity contribution is 7.15. The maximum Gasteiger partial charge on any atom is 0.193 e. The lowest BCUT2D eigenvalue weighted by molar-refractivity contribution is 0.507. The van der Waals surface area contributed by atoms with E-state index in [0.717, 1.165) is 10.7 Å². The highest BCUT2D eigenvalue weighted by Crippen LogP contribution is 2.25. The lowest BCUT2D eigenvalue weighted by Crippen LogP contribution is -2.30. The van der Waals surface area contributed by atoms with Crippen molar-refractivity contribution in [2.75, 3.05) is 0 Å². The maximum absolute atomic E-state index is 14.0. The molecule has 1 atom stereocenters. The molecule has 1 unspecified atom stereocenters. The van der Waals surface area contributed by atoms with Crippen molar-refractivity contribution in [2.24, 2.45) is 5.84 Å². The van der Waals surface area contributed by atoms with Gasteiger partial charge < -0.3 is 0 Å². The Balaban J connectivity index is 1.90. The van der Waals surface area contributed by atoms with E-state index in [9.17, 15) is 4.39 Å². The monoisotopic (exact) mass is 310 g/mol. The highest BCUT2D eigenvalue weighted by atomic mass is 35.5. The molecule has 2 aromatic heterocycles. The lowest BCUT2D eigenvalue weighted by Gasteiger charge is -2.16. The number of hydrogen-bond donors (Lipinski definition) is 2. The van der Waals surface area contributed by atoms with Crippen molar-refractivity contribution < 1.29 is 4.39 Å². The molecule has 20 heavy (non-hydrogen) atoms. The maximum atomic E-state index is 14.0. The fraction of sp³-hybridized carbons (Fsp3) is 0.154. The number of rotatable bonds is 4. The molecule has 0 saturated heterocycles. The van der Waals surface area contributed by atoms with E-state index in [2.05, 4.69) is 10.4 Å². The number of fused-ring (bicyclic) bond motifs is 1. The summed E-state index contributed by atoms with van der Waals surface area (Å²) < 4.78 is 16.0. The Labute approximate surface area is 124 Å². The summed E-state index contributed by atoms with van der Waals surface area (Å²) in [6.07, 6.45) is 4.34. The second-order valence-corrected chi connectivity index (χ2v) is 5.67. The summed E-state index contributed by atoms with van der Waals surface area (Å²) in [6.45, 7) is 0. The third-order valence-electron chi connectivity index (χ3n) is 3.11. The number of aromatic nitrogens is 2. The first kappa shape index (κ1) is 13.5. The number of hydrazine groups is 1. The molecule has 3 N–H and O–H groups in total. The topological polar surface area (TPSA) is 55.3 Å². The van der Waals surface area contributed by atoms with Gasteiger partial charge in [0.1, 0.15) is 5.82 Å². The molecule has 4 nitrogen and oxygen atoms in total. The molecule has 0 fully saturated rings. The van der Waals surface area contributed by atoms with Gasteiger partial charge in [0.25, 0.3) is 0 Å². The van der Waals surface area contributed by atoms with E-state index in [0.29, 0.717) is 12.0 Å². The number of nitrogens with zero attached hydrogens (tertiary/aromatic N) is 2. The first-order valence-corrected chi connectivity index (χ1v) is 7.26. The molecule has 0 radical (unpaired) electrons. The summed E-state index contributed by atoms with van der Waals surface area (Å²) in [6, 6.07) is 4.51. The molecular formula is C13H12ClFN4S. The number of imidazole rings is 1. The van der Waals surface area contributed by atoms with Gasteiger partial charge in [-0.25, -0.2) is 9.37 Å². The summed E-state index contributed by atoms with van der Waals surface area (Å²) >= 11 is 7.35. The van der Waals surface area contributed by atoms with Gasteiger partial charge >= 0.3 is 0 Å². The van der Waals surface area contributed by atoms with Gasteiger partial charge in [-0.05, 0) is 6.07 Å². The molecule has 0 aliphatic carbocycles. The van der Waals surface area contributed by atoms with Gasteiger partial charge in [0, 0.05) is 29.8 Å². The Morgan fingerprint density at radius 2 is 2.35 bits per heavy atom. The van der Waals surface area contributed by atoms with Crippen LogP contribution in [-0.2, 0) is 6.42 Å². The van der Waals surface area contributed by atoms with E-state index in [1.807, 2.05) is 22.2 Å². The van der Waals surface area contributed by atoms with Crippen LogP contribution in [0.1, 0.15) is 17.3 Å². The van der Waals surface area contributed by atoms with Crippen LogP contribution in [0.2, 0.25) is 5.02 Å². The minimum atomic E-state index is -0.446. The third kappa shape index (κ3) is 2.43. The SMILES string of the molecule is NNC(Cc1cn2ccsc2n1)c1cccc(Cl)c1F. The van der Waals surface area contributed by atoms with E-state index < -0.39 is 5.82 Å². The predicted molar refractivity (Wildman–Crippen MR) is 78.2 cm³/mol. The standard InChI is InChI=1S/C13H12ClFN4S/c14-10-3-1-2-9(12(10)15)11(18-16)6-8-7-19-4-5-20-13(19)17-8/h1-5,7,11,18H,6,16H2. The van der Waals surface area contributed by atoms with Crippen LogP contribution in [0.5, 0.6) is 0 Å². The predicted octanol–water partition coefficient (Wildman–Crippen LogP) is 2.94. The van der Waals surface area contributed by atoms with Gasteiger partial charge in [0.15, 0.2) is 4.96 Å². The van der Waals surface area contributed by atoms with Gasteiger partial charge in [-0.1, -0.05) is 23.7 Å². The molecule has 2 heterocycles. The number of nitrogens with two attached hydrogens (primary N) is 1. The van der Waals surface area contributed by atoms with Gasteiger partial charge in [-0.15, -0.1) is 11.3 Å². The van der Waals surface area contributed by atoms with Crippen molar-refractivity contribution in [1.29, 1.82) is 0 Å². The zero-order valence-corrected chi connectivity index (χ0v) is 12.0. The van der Waals surface area contributed by atoms with Crippen LogP contribution in [0.3, 0.4) is 0 Å². The Morgan fingerprint density at radius 3 is 3.10 bits per heavy atom. The van der Waals surface area contributed by atoms with Crippen LogP contribution in [-0.4, -0.2) is 9.38 Å². The van der Waals surface area contributed by atoms with Crippen molar-refractivity contribution in [1.82, 2.24) is 14.8 Å². The van der Waals surface area contributed by atoms with Gasteiger partial charge in [-0.3, -0.25) is 15.7 Å². The van der Waals surface area contributed by atoms with E-state index in [4.69, 9.17) is 17.4 Å². The van der Waals surface area contributed by atoms with Crippen molar-refractivity contribution in [3.63, 3.8) is 0 Å². The molecule has 104 valence electrons. The normalized spacial score (nSPS) is 12.9. The Kier molecular flexibility index (Phi) is 3.71. The second-order valence-electron chi connectivity index (χ2n) is 4.39. The van der Waals surface area contributed by atoms with Crippen molar-refractivity contribution in [3.05, 3.63) is 58.1 Å². The zero-order valence-electron chi connectivity index (χ0n) is 10.4. The molecule has 3 aromatic rings. The summed E-state index contributed by atoms with van der Waals surface area (Å²) in [5.41, 5.74) is 3.91. The van der Waals surface area contributed by atoms with E-state index >= 15 is 0 Å². The number of halogens is 2. The highest BCUT2D eigenvalue weighted by Gasteiger charge is 2.18. The largest absolute Gasteiger partial charge is 0.297 e.